The van der Waals surface area contributed by atoms with Crippen molar-refractivity contribution in [3.8, 4) is 0 Å². The maximum absolute atomic E-state index is 12.7. The van der Waals surface area contributed by atoms with Crippen molar-refractivity contribution in [2.75, 3.05) is 19.8 Å². The molecule has 1 atom stereocenters. The van der Waals surface area contributed by atoms with Crippen LogP contribution in [0.15, 0.2) is 85.1 Å². The van der Waals surface area contributed by atoms with Crippen molar-refractivity contribution in [3.05, 3.63) is 85.1 Å². The van der Waals surface area contributed by atoms with Crippen LogP contribution >= 0.6 is 0 Å². The Morgan fingerprint density at radius 1 is 0.411 bits per heavy atom. The average molecular weight is 779 g/mol. The summed E-state index contributed by atoms with van der Waals surface area (Å²) in [6.45, 7) is 7.51. The maximum atomic E-state index is 12.7. The van der Waals surface area contributed by atoms with Gasteiger partial charge in [0, 0.05) is 19.4 Å². The molecule has 320 valence electrons. The van der Waals surface area contributed by atoms with E-state index in [2.05, 4.69) is 106 Å². The van der Waals surface area contributed by atoms with Crippen LogP contribution in [0.1, 0.15) is 201 Å². The predicted molar refractivity (Wildman–Crippen MR) is 242 cm³/mol. The monoisotopic (exact) mass is 779 g/mol. The van der Waals surface area contributed by atoms with Crippen molar-refractivity contribution in [1.29, 1.82) is 0 Å². The second-order valence-electron chi connectivity index (χ2n) is 14.9. The lowest BCUT2D eigenvalue weighted by Gasteiger charge is -2.18. The highest BCUT2D eigenvalue weighted by Crippen LogP contribution is 2.13. The average Bonchev–Trinajstić information content (AvgIpc) is 3.20. The van der Waals surface area contributed by atoms with Crippen LogP contribution in [0, 0.1) is 0 Å². The van der Waals surface area contributed by atoms with Gasteiger partial charge in [-0.25, -0.2) is 0 Å². The van der Waals surface area contributed by atoms with Crippen LogP contribution in [0.25, 0.3) is 0 Å². The number of hydrogen-bond acceptors (Lipinski definition) is 5. The lowest BCUT2D eigenvalue weighted by atomic mass is 10.1. The minimum Gasteiger partial charge on any atom is -0.462 e. The van der Waals surface area contributed by atoms with Crippen LogP contribution in [0.3, 0.4) is 0 Å². The molecule has 0 aromatic carbocycles. The predicted octanol–water partition coefficient (Wildman–Crippen LogP) is 15.3. The summed E-state index contributed by atoms with van der Waals surface area (Å²) in [7, 11) is 0. The Morgan fingerprint density at radius 2 is 0.839 bits per heavy atom. The third-order valence-corrected chi connectivity index (χ3v) is 9.40. The largest absolute Gasteiger partial charge is 0.462 e. The molecule has 0 aromatic rings. The minimum absolute atomic E-state index is 0.0579. The van der Waals surface area contributed by atoms with Gasteiger partial charge in [0.25, 0.3) is 0 Å². The van der Waals surface area contributed by atoms with Crippen LogP contribution < -0.4 is 0 Å². The molecule has 56 heavy (non-hydrogen) atoms. The maximum Gasteiger partial charge on any atom is 0.306 e. The standard InChI is InChI=1S/C51H86O5/c1-4-7-10-13-16-19-21-23-24-25-26-27-29-31-34-37-40-43-46-54-47-49(56-51(53)45-42-39-36-32-18-15-12-9-6-3)48-55-50(52)44-41-38-35-33-30-28-22-20-17-14-11-8-5-2/h7,10-11,14,16,19-20,22-24,26-27,31,34,49H,4-6,8-9,12-13,15,17-18,21,25,28-30,32-33,35-48H2,1-3H3/b10-7-,14-11-,19-16-,22-20-,24-23-,27-26-,34-31-. The molecular formula is C51H86O5. The van der Waals surface area contributed by atoms with Crippen molar-refractivity contribution in [1.82, 2.24) is 0 Å². The summed E-state index contributed by atoms with van der Waals surface area (Å²) >= 11 is 0. The fourth-order valence-electron chi connectivity index (χ4n) is 5.98. The van der Waals surface area contributed by atoms with Gasteiger partial charge in [0.15, 0.2) is 6.10 Å². The van der Waals surface area contributed by atoms with Crippen molar-refractivity contribution in [2.45, 2.75) is 207 Å². The number of carbonyl (C=O) groups is 2. The molecular weight excluding hydrogens is 693 g/mol. The van der Waals surface area contributed by atoms with Gasteiger partial charge < -0.3 is 14.2 Å². The Hall–Kier alpha value is -2.92. The summed E-state index contributed by atoms with van der Waals surface area (Å²) in [5, 5.41) is 0. The van der Waals surface area contributed by atoms with E-state index in [1.54, 1.807) is 0 Å². The van der Waals surface area contributed by atoms with E-state index < -0.39 is 6.10 Å². The lowest BCUT2D eigenvalue weighted by molar-refractivity contribution is -0.163. The molecule has 0 amide bonds. The molecule has 0 heterocycles. The van der Waals surface area contributed by atoms with Crippen molar-refractivity contribution < 1.29 is 23.8 Å². The molecule has 1 unspecified atom stereocenters. The van der Waals surface area contributed by atoms with Crippen molar-refractivity contribution in [3.63, 3.8) is 0 Å². The Kier molecular flexibility index (Phi) is 44.0. The highest BCUT2D eigenvalue weighted by Gasteiger charge is 2.17. The van der Waals surface area contributed by atoms with E-state index in [1.807, 2.05) is 0 Å². The fraction of sp³-hybridized carbons (Fsp3) is 0.686. The number of ether oxygens (including phenoxy) is 3. The molecule has 0 fully saturated rings. The number of esters is 2. The van der Waals surface area contributed by atoms with Crippen molar-refractivity contribution >= 4 is 11.9 Å². The minimum atomic E-state index is -0.564. The zero-order valence-corrected chi connectivity index (χ0v) is 36.6. The molecule has 0 N–H and O–H groups in total. The first-order valence-electron chi connectivity index (χ1n) is 23.1. The molecule has 0 rings (SSSR count). The molecule has 0 aliphatic carbocycles. The first-order valence-corrected chi connectivity index (χ1v) is 23.1. The molecule has 0 aliphatic rings. The van der Waals surface area contributed by atoms with Crippen LogP contribution in [0.4, 0.5) is 0 Å². The molecule has 5 heteroatoms. The van der Waals surface area contributed by atoms with Gasteiger partial charge in [-0.05, 0) is 89.9 Å². The van der Waals surface area contributed by atoms with Gasteiger partial charge >= 0.3 is 11.9 Å². The Bertz CT molecular complexity index is 1060. The molecule has 5 nitrogen and oxygen atoms in total. The normalized spacial score (nSPS) is 13.0. The third-order valence-electron chi connectivity index (χ3n) is 9.40. The summed E-state index contributed by atoms with van der Waals surface area (Å²) in [5.74, 6) is -0.445. The third kappa shape index (κ3) is 43.8. The first-order chi connectivity index (χ1) is 27.6. The van der Waals surface area contributed by atoms with Gasteiger partial charge in [0.05, 0.1) is 6.61 Å². The molecule has 0 radical (unpaired) electrons. The molecule has 0 bridgehead atoms. The summed E-state index contributed by atoms with van der Waals surface area (Å²) in [6, 6.07) is 0. The zero-order valence-electron chi connectivity index (χ0n) is 36.6. The molecule has 0 spiro atoms. The van der Waals surface area contributed by atoms with Crippen LogP contribution in [-0.2, 0) is 23.8 Å². The summed E-state index contributed by atoms with van der Waals surface area (Å²) in [6.07, 6.45) is 60.2. The topological polar surface area (TPSA) is 61.8 Å². The quantitative estimate of drug-likeness (QED) is 0.0351. The highest BCUT2D eigenvalue weighted by atomic mass is 16.6. The Morgan fingerprint density at radius 3 is 1.36 bits per heavy atom. The summed E-state index contributed by atoms with van der Waals surface area (Å²) in [4.78, 5) is 25.2. The Balaban J connectivity index is 4.33. The number of allylic oxidation sites excluding steroid dienone is 14. The van der Waals surface area contributed by atoms with Crippen LogP contribution in [0.2, 0.25) is 0 Å². The number of hydrogen-bond donors (Lipinski definition) is 0. The summed E-state index contributed by atoms with van der Waals surface area (Å²) < 4.78 is 17.2. The van der Waals surface area contributed by atoms with Gasteiger partial charge in [0.2, 0.25) is 0 Å². The van der Waals surface area contributed by atoms with E-state index in [1.165, 1.54) is 57.8 Å². The SMILES string of the molecule is CC/C=C\C/C=C\C/C=C\C/C=C\C/C=C\CCCCOCC(COC(=O)CCCCCCC/C=C\C/C=C\CCC)OC(=O)CCCCCCCCCCC. The smallest absolute Gasteiger partial charge is 0.306 e. The van der Waals surface area contributed by atoms with Crippen LogP contribution in [-0.4, -0.2) is 37.9 Å². The van der Waals surface area contributed by atoms with Gasteiger partial charge in [-0.2, -0.15) is 0 Å². The van der Waals surface area contributed by atoms with Crippen molar-refractivity contribution in [2.24, 2.45) is 0 Å². The fourth-order valence-corrected chi connectivity index (χ4v) is 5.98. The number of unbranched alkanes of at least 4 members (excludes halogenated alkanes) is 16. The lowest BCUT2D eigenvalue weighted by Crippen LogP contribution is -2.30. The molecule has 0 saturated carbocycles. The number of rotatable bonds is 41. The van der Waals surface area contributed by atoms with E-state index in [9.17, 15) is 9.59 Å². The molecule has 0 saturated heterocycles. The molecule has 0 aliphatic heterocycles. The summed E-state index contributed by atoms with van der Waals surface area (Å²) in [5.41, 5.74) is 0. The van der Waals surface area contributed by atoms with Crippen LogP contribution in [0.5, 0.6) is 0 Å². The van der Waals surface area contributed by atoms with E-state index in [0.29, 0.717) is 19.4 Å². The first kappa shape index (κ1) is 53.1. The van der Waals surface area contributed by atoms with E-state index >= 15 is 0 Å². The van der Waals surface area contributed by atoms with Gasteiger partial charge in [-0.1, -0.05) is 183 Å². The second kappa shape index (κ2) is 46.5. The number of carbonyl (C=O) groups excluding carboxylic acids is 2. The highest BCUT2D eigenvalue weighted by molar-refractivity contribution is 5.70. The van der Waals surface area contributed by atoms with Gasteiger partial charge in [0.1, 0.15) is 6.61 Å². The Labute approximate surface area is 346 Å². The molecule has 0 aromatic heterocycles. The zero-order chi connectivity index (χ0) is 40.7. The van der Waals surface area contributed by atoms with E-state index in [0.717, 1.165) is 109 Å². The van der Waals surface area contributed by atoms with E-state index in [-0.39, 0.29) is 25.2 Å². The van der Waals surface area contributed by atoms with Gasteiger partial charge in [-0.3, -0.25) is 9.59 Å². The van der Waals surface area contributed by atoms with E-state index in [4.69, 9.17) is 14.2 Å². The van der Waals surface area contributed by atoms with Gasteiger partial charge in [-0.15, -0.1) is 0 Å². The second-order valence-corrected chi connectivity index (χ2v) is 14.9.